The van der Waals surface area contributed by atoms with Crippen molar-refractivity contribution in [2.24, 2.45) is 4.99 Å². The molecule has 0 amide bonds. The first kappa shape index (κ1) is 9.90. The molecule has 0 unspecified atom stereocenters. The lowest BCUT2D eigenvalue weighted by Gasteiger charge is -2.04. The summed E-state index contributed by atoms with van der Waals surface area (Å²) in [6.45, 7) is 1.85. The number of carbonyl (C=O) groups excluding carboxylic acids is 1. The molecule has 0 saturated carbocycles. The molecule has 4 heteroatoms. The van der Waals surface area contributed by atoms with Crippen molar-refractivity contribution in [3.63, 3.8) is 0 Å². The predicted molar refractivity (Wildman–Crippen MR) is 48.0 cm³/mol. The fourth-order valence-electron chi connectivity index (χ4n) is 0.995. The van der Waals surface area contributed by atoms with Gasteiger partial charge in [-0.3, -0.25) is 0 Å². The summed E-state index contributed by atoms with van der Waals surface area (Å²) in [5, 5.41) is 0.0269. The second kappa shape index (κ2) is 4.17. The monoisotopic (exact) mass is 199 g/mol. The highest BCUT2D eigenvalue weighted by atomic mass is 35.5. The Hall–Kier alpha value is -1.18. The summed E-state index contributed by atoms with van der Waals surface area (Å²) in [5.41, 5.74) is 1.34. The molecule has 0 aliphatic rings. The van der Waals surface area contributed by atoms with Crippen LogP contribution in [0.3, 0.4) is 0 Å². The summed E-state index contributed by atoms with van der Waals surface area (Å²) < 4.78 is 12.9. The molecule has 1 rings (SSSR count). The zero-order chi connectivity index (χ0) is 9.84. The van der Waals surface area contributed by atoms with E-state index in [9.17, 15) is 9.18 Å². The van der Waals surface area contributed by atoms with Crippen LogP contribution in [0, 0.1) is 12.7 Å². The van der Waals surface area contributed by atoms with Gasteiger partial charge < -0.3 is 0 Å². The fourth-order valence-corrected chi connectivity index (χ4v) is 1.27. The number of benzene rings is 1. The van der Waals surface area contributed by atoms with Gasteiger partial charge in [-0.1, -0.05) is 17.7 Å². The molecule has 0 bridgehead atoms. The molecule has 0 radical (unpaired) electrons. The second-order valence-electron chi connectivity index (χ2n) is 2.56. The molecule has 0 heterocycles. The van der Waals surface area contributed by atoms with Gasteiger partial charge in [0.05, 0.1) is 11.6 Å². The largest absolute Gasteiger partial charge is 0.235 e. The van der Waals surface area contributed by atoms with Crippen LogP contribution in [0.5, 0.6) is 0 Å². The number of hydrogen-bond acceptors (Lipinski definition) is 2. The van der Waals surface area contributed by atoms with Gasteiger partial charge >= 0.3 is 0 Å². The van der Waals surface area contributed by atoms with Crippen molar-refractivity contribution in [1.82, 2.24) is 0 Å². The number of aryl methyl sites for hydroxylation is 1. The second-order valence-corrected chi connectivity index (χ2v) is 2.94. The van der Waals surface area contributed by atoms with E-state index in [2.05, 4.69) is 4.99 Å². The van der Waals surface area contributed by atoms with Crippen LogP contribution < -0.4 is 0 Å². The van der Waals surface area contributed by atoms with Crippen molar-refractivity contribution in [1.29, 1.82) is 0 Å². The highest BCUT2D eigenvalue weighted by molar-refractivity contribution is 6.31. The molecule has 0 spiro atoms. The van der Waals surface area contributed by atoms with E-state index in [0.717, 1.165) is 5.56 Å². The Kier molecular flexibility index (Phi) is 3.18. The fraction of sp³-hybridized carbons (Fsp3) is 0.222. The molecular formula is C9H7ClFNO. The first-order valence-corrected chi connectivity index (χ1v) is 4.01. The Morgan fingerprint density at radius 1 is 1.62 bits per heavy atom. The van der Waals surface area contributed by atoms with E-state index < -0.39 is 5.82 Å². The lowest BCUT2D eigenvalue weighted by Crippen LogP contribution is -1.91. The van der Waals surface area contributed by atoms with Gasteiger partial charge in [0.1, 0.15) is 5.82 Å². The van der Waals surface area contributed by atoms with Crippen molar-refractivity contribution in [2.75, 3.05) is 0 Å². The van der Waals surface area contributed by atoms with Gasteiger partial charge in [-0.05, 0) is 24.1 Å². The summed E-state index contributed by atoms with van der Waals surface area (Å²) in [6.07, 6.45) is 1.38. The molecular weight excluding hydrogens is 193 g/mol. The quantitative estimate of drug-likeness (QED) is 0.532. The zero-order valence-corrected chi connectivity index (χ0v) is 7.73. The van der Waals surface area contributed by atoms with Gasteiger partial charge in [0.15, 0.2) is 0 Å². The summed E-state index contributed by atoms with van der Waals surface area (Å²) in [4.78, 5) is 13.2. The van der Waals surface area contributed by atoms with Crippen LogP contribution in [0.2, 0.25) is 5.02 Å². The molecule has 0 aliphatic carbocycles. The van der Waals surface area contributed by atoms with Crippen molar-refractivity contribution < 1.29 is 9.18 Å². The average molecular weight is 200 g/mol. The molecule has 68 valence electrons. The lowest BCUT2D eigenvalue weighted by atomic mass is 10.1. The van der Waals surface area contributed by atoms with Crippen molar-refractivity contribution in [3.05, 3.63) is 34.1 Å². The highest BCUT2D eigenvalue weighted by Gasteiger charge is 2.07. The van der Waals surface area contributed by atoms with Crippen LogP contribution in [-0.4, -0.2) is 6.08 Å². The summed E-state index contributed by atoms with van der Waals surface area (Å²) in [7, 11) is 0. The first-order chi connectivity index (χ1) is 6.16. The maximum absolute atomic E-state index is 12.9. The standard InChI is InChI=1S/C9H7ClFNO/c1-6-2-3-8(11)9(10)7(6)4-12-5-13/h2-3H,4H2,1H3. The third kappa shape index (κ3) is 2.14. The minimum atomic E-state index is -0.497. The van der Waals surface area contributed by atoms with Crippen LogP contribution in [0.4, 0.5) is 4.39 Å². The summed E-state index contributed by atoms with van der Waals surface area (Å²) in [5.74, 6) is -0.497. The average Bonchev–Trinajstić information content (AvgIpc) is 2.12. The molecule has 1 aromatic rings. The maximum atomic E-state index is 12.9. The van der Waals surface area contributed by atoms with Gasteiger partial charge in [-0.25, -0.2) is 14.2 Å². The Bertz CT molecular complexity index is 372. The molecule has 13 heavy (non-hydrogen) atoms. The number of hydrogen-bond donors (Lipinski definition) is 0. The van der Waals surface area contributed by atoms with Gasteiger partial charge in [-0.15, -0.1) is 0 Å². The third-order valence-corrected chi connectivity index (χ3v) is 2.14. The van der Waals surface area contributed by atoms with Gasteiger partial charge in [0.2, 0.25) is 6.08 Å². The normalized spacial score (nSPS) is 9.46. The lowest BCUT2D eigenvalue weighted by molar-refractivity contribution is 0.562. The van der Waals surface area contributed by atoms with Crippen LogP contribution in [0.25, 0.3) is 0 Å². The van der Waals surface area contributed by atoms with Gasteiger partial charge in [0, 0.05) is 0 Å². The van der Waals surface area contributed by atoms with E-state index in [1.807, 2.05) is 0 Å². The van der Waals surface area contributed by atoms with E-state index in [0.29, 0.717) is 5.56 Å². The van der Waals surface area contributed by atoms with Crippen LogP contribution in [0.15, 0.2) is 17.1 Å². The van der Waals surface area contributed by atoms with E-state index in [-0.39, 0.29) is 11.6 Å². The van der Waals surface area contributed by atoms with Crippen LogP contribution in [0.1, 0.15) is 11.1 Å². The number of halogens is 2. The Morgan fingerprint density at radius 3 is 2.92 bits per heavy atom. The first-order valence-electron chi connectivity index (χ1n) is 3.64. The van der Waals surface area contributed by atoms with Gasteiger partial charge in [-0.2, -0.15) is 0 Å². The zero-order valence-electron chi connectivity index (χ0n) is 6.97. The summed E-state index contributed by atoms with van der Waals surface area (Å²) >= 11 is 5.67. The number of nitrogens with zero attached hydrogens (tertiary/aromatic N) is 1. The van der Waals surface area contributed by atoms with Crippen LogP contribution in [-0.2, 0) is 11.3 Å². The van der Waals surface area contributed by atoms with E-state index in [4.69, 9.17) is 11.6 Å². The minimum Gasteiger partial charge on any atom is -0.211 e. The Morgan fingerprint density at radius 2 is 2.31 bits per heavy atom. The van der Waals surface area contributed by atoms with E-state index in [1.54, 1.807) is 13.0 Å². The Balaban J connectivity index is 3.16. The van der Waals surface area contributed by atoms with Crippen LogP contribution >= 0.6 is 11.6 Å². The molecule has 0 saturated heterocycles. The molecule has 1 aromatic carbocycles. The molecule has 0 fully saturated rings. The SMILES string of the molecule is Cc1ccc(F)c(Cl)c1CN=C=O. The minimum absolute atomic E-state index is 0.0269. The van der Waals surface area contributed by atoms with Crippen molar-refractivity contribution >= 4 is 17.7 Å². The molecule has 0 aromatic heterocycles. The van der Waals surface area contributed by atoms with Crippen molar-refractivity contribution in [2.45, 2.75) is 13.5 Å². The van der Waals surface area contributed by atoms with E-state index >= 15 is 0 Å². The van der Waals surface area contributed by atoms with Crippen molar-refractivity contribution in [3.8, 4) is 0 Å². The predicted octanol–water partition coefficient (Wildman–Crippen LogP) is 2.62. The summed E-state index contributed by atoms with van der Waals surface area (Å²) in [6, 6.07) is 2.88. The number of rotatable bonds is 2. The Labute approximate surface area is 80.1 Å². The van der Waals surface area contributed by atoms with Gasteiger partial charge in [0.25, 0.3) is 0 Å². The van der Waals surface area contributed by atoms with E-state index in [1.165, 1.54) is 12.1 Å². The maximum Gasteiger partial charge on any atom is 0.235 e. The topological polar surface area (TPSA) is 29.4 Å². The highest BCUT2D eigenvalue weighted by Crippen LogP contribution is 2.23. The number of isocyanates is 1. The molecule has 0 atom stereocenters. The molecule has 0 aliphatic heterocycles. The molecule has 0 N–H and O–H groups in total. The third-order valence-electron chi connectivity index (χ3n) is 1.73. The number of aliphatic imine (C=N–C) groups is 1. The smallest absolute Gasteiger partial charge is 0.211 e. The molecule has 2 nitrogen and oxygen atoms in total.